The zero-order chi connectivity index (χ0) is 22.3. The summed E-state index contributed by atoms with van der Waals surface area (Å²) in [6.45, 7) is 3.23. The second-order valence-corrected chi connectivity index (χ2v) is 8.22. The summed E-state index contributed by atoms with van der Waals surface area (Å²) < 4.78 is 5.28. The van der Waals surface area contributed by atoms with Crippen LogP contribution in [0.15, 0.2) is 91.0 Å². The summed E-state index contributed by atoms with van der Waals surface area (Å²) in [6, 6.07) is 31.0. The van der Waals surface area contributed by atoms with Crippen LogP contribution in [-0.4, -0.2) is 17.9 Å². The zero-order valence-corrected chi connectivity index (χ0v) is 18.8. The number of hydrogen-bond acceptors (Lipinski definition) is 2. The third-order valence-corrected chi connectivity index (χ3v) is 5.87. The summed E-state index contributed by atoms with van der Waals surface area (Å²) >= 11 is 0. The van der Waals surface area contributed by atoms with Crippen LogP contribution in [0.4, 0.5) is 0 Å². The molecule has 162 valence electrons. The molecule has 0 bridgehead atoms. The molecule has 32 heavy (non-hydrogen) atoms. The summed E-state index contributed by atoms with van der Waals surface area (Å²) in [5.41, 5.74) is 4.69. The zero-order valence-electron chi connectivity index (χ0n) is 18.8. The van der Waals surface area contributed by atoms with Gasteiger partial charge in [0, 0.05) is 19.5 Å². The van der Waals surface area contributed by atoms with Gasteiger partial charge in [-0.15, -0.1) is 0 Å². The lowest BCUT2D eigenvalue weighted by molar-refractivity contribution is -0.132. The average Bonchev–Trinajstić information content (AvgIpc) is 2.83. The molecule has 1 amide bonds. The number of amides is 1. The van der Waals surface area contributed by atoms with Gasteiger partial charge in [0.15, 0.2) is 0 Å². The Kier molecular flexibility index (Phi) is 6.86. The monoisotopic (exact) mass is 423 g/mol. The highest BCUT2D eigenvalue weighted by Gasteiger charge is 2.16. The Hall–Kier alpha value is -3.59. The van der Waals surface area contributed by atoms with Crippen molar-refractivity contribution in [3.8, 4) is 5.75 Å². The predicted molar refractivity (Wildman–Crippen MR) is 131 cm³/mol. The summed E-state index contributed by atoms with van der Waals surface area (Å²) in [5.74, 6) is 0.981. The molecule has 0 atom stereocenters. The topological polar surface area (TPSA) is 29.5 Å². The lowest BCUT2D eigenvalue weighted by Crippen LogP contribution is -2.30. The average molecular weight is 424 g/mol. The number of carbonyl (C=O) groups is 1. The summed E-state index contributed by atoms with van der Waals surface area (Å²) in [7, 11) is 1.66. The lowest BCUT2D eigenvalue weighted by atomic mass is 10.0. The first kappa shape index (κ1) is 21.6. The maximum absolute atomic E-state index is 13.4. The number of nitrogens with zero attached hydrogens (tertiary/aromatic N) is 1. The number of aryl methyl sites for hydroxylation is 2. The van der Waals surface area contributed by atoms with E-state index in [1.54, 1.807) is 7.11 Å². The number of hydrogen-bond donors (Lipinski definition) is 0. The van der Waals surface area contributed by atoms with Crippen LogP contribution in [0.5, 0.6) is 5.75 Å². The molecule has 3 nitrogen and oxygen atoms in total. The van der Waals surface area contributed by atoms with Crippen molar-refractivity contribution in [3.63, 3.8) is 0 Å². The van der Waals surface area contributed by atoms with Crippen LogP contribution in [0, 0.1) is 6.92 Å². The normalized spacial score (nSPS) is 10.8. The standard InChI is InChI=1S/C29H29NO2/c1-22-10-12-23(13-11-22)16-19-29(31)30(20-24-14-17-27(32-2)18-15-24)21-26-8-5-7-25-6-3-4-9-28(25)26/h3-15,17-18H,16,19-21H2,1-2H3. The van der Waals surface area contributed by atoms with Gasteiger partial charge in [-0.25, -0.2) is 0 Å². The third kappa shape index (κ3) is 5.36. The van der Waals surface area contributed by atoms with Gasteiger partial charge in [0.1, 0.15) is 5.75 Å². The molecule has 0 saturated heterocycles. The number of ether oxygens (including phenoxy) is 1. The van der Waals surface area contributed by atoms with Crippen molar-refractivity contribution < 1.29 is 9.53 Å². The number of benzene rings is 4. The molecular weight excluding hydrogens is 394 g/mol. The van der Waals surface area contributed by atoms with Gasteiger partial charge in [-0.2, -0.15) is 0 Å². The molecule has 0 fully saturated rings. The molecule has 0 spiro atoms. The molecule has 4 rings (SSSR count). The number of fused-ring (bicyclic) bond motifs is 1. The highest BCUT2D eigenvalue weighted by molar-refractivity contribution is 5.86. The minimum absolute atomic E-state index is 0.161. The molecule has 0 N–H and O–H groups in total. The summed E-state index contributed by atoms with van der Waals surface area (Å²) in [6.07, 6.45) is 1.23. The Morgan fingerprint density at radius 1 is 0.781 bits per heavy atom. The van der Waals surface area contributed by atoms with E-state index in [1.807, 2.05) is 35.2 Å². The smallest absolute Gasteiger partial charge is 0.223 e. The van der Waals surface area contributed by atoms with Crippen LogP contribution in [0.2, 0.25) is 0 Å². The molecule has 0 saturated carbocycles. The van der Waals surface area contributed by atoms with Crippen LogP contribution in [0.3, 0.4) is 0 Å². The van der Waals surface area contributed by atoms with Gasteiger partial charge in [0.25, 0.3) is 0 Å². The molecule has 0 heterocycles. The van der Waals surface area contributed by atoms with Gasteiger partial charge in [0.05, 0.1) is 7.11 Å². The van der Waals surface area contributed by atoms with Gasteiger partial charge < -0.3 is 9.64 Å². The molecule has 0 aliphatic rings. The fourth-order valence-electron chi connectivity index (χ4n) is 3.98. The number of carbonyl (C=O) groups excluding carboxylic acids is 1. The molecule has 0 aromatic heterocycles. The Morgan fingerprint density at radius 3 is 2.22 bits per heavy atom. The predicted octanol–water partition coefficient (Wildman–Crippen LogP) is 6.32. The molecular formula is C29H29NO2. The first-order valence-electron chi connectivity index (χ1n) is 11.1. The Morgan fingerprint density at radius 2 is 1.47 bits per heavy atom. The van der Waals surface area contributed by atoms with Crippen LogP contribution in [-0.2, 0) is 24.3 Å². The second-order valence-electron chi connectivity index (χ2n) is 8.22. The van der Waals surface area contributed by atoms with E-state index >= 15 is 0 Å². The van der Waals surface area contributed by atoms with Gasteiger partial charge in [-0.05, 0) is 52.9 Å². The third-order valence-electron chi connectivity index (χ3n) is 5.87. The molecule has 3 heteroatoms. The van der Waals surface area contributed by atoms with Crippen molar-refractivity contribution in [2.75, 3.05) is 7.11 Å². The Bertz CT molecular complexity index is 1170. The fourth-order valence-corrected chi connectivity index (χ4v) is 3.98. The summed E-state index contributed by atoms with van der Waals surface area (Å²) in [5, 5.41) is 2.39. The van der Waals surface area contributed by atoms with Gasteiger partial charge >= 0.3 is 0 Å². The largest absolute Gasteiger partial charge is 0.497 e. The SMILES string of the molecule is COc1ccc(CN(Cc2cccc3ccccc23)C(=O)CCc2ccc(C)cc2)cc1. The first-order chi connectivity index (χ1) is 15.6. The number of methoxy groups -OCH3 is 1. The van der Waals surface area contributed by atoms with Crippen molar-refractivity contribution in [1.82, 2.24) is 4.90 Å². The quantitative estimate of drug-likeness (QED) is 0.332. The summed E-state index contributed by atoms with van der Waals surface area (Å²) in [4.78, 5) is 15.3. The van der Waals surface area contributed by atoms with E-state index in [1.165, 1.54) is 27.5 Å². The Labute approximate surface area is 190 Å². The van der Waals surface area contributed by atoms with Crippen molar-refractivity contribution in [3.05, 3.63) is 113 Å². The minimum Gasteiger partial charge on any atom is -0.497 e. The number of rotatable bonds is 8. The highest BCUT2D eigenvalue weighted by Crippen LogP contribution is 2.22. The van der Waals surface area contributed by atoms with E-state index in [2.05, 4.69) is 67.6 Å². The van der Waals surface area contributed by atoms with Gasteiger partial charge in [-0.1, -0.05) is 84.4 Å². The van der Waals surface area contributed by atoms with Crippen molar-refractivity contribution in [2.24, 2.45) is 0 Å². The van der Waals surface area contributed by atoms with E-state index in [9.17, 15) is 4.79 Å². The highest BCUT2D eigenvalue weighted by atomic mass is 16.5. The van der Waals surface area contributed by atoms with Crippen LogP contribution >= 0.6 is 0 Å². The minimum atomic E-state index is 0.161. The fraction of sp³-hybridized carbons (Fsp3) is 0.207. The molecule has 0 radical (unpaired) electrons. The van der Waals surface area contributed by atoms with Crippen LogP contribution in [0.1, 0.15) is 28.7 Å². The molecule has 0 aliphatic carbocycles. The van der Waals surface area contributed by atoms with E-state index in [4.69, 9.17) is 4.74 Å². The van der Waals surface area contributed by atoms with E-state index in [-0.39, 0.29) is 5.91 Å². The Balaban J connectivity index is 1.56. The molecule has 0 aliphatic heterocycles. The maximum atomic E-state index is 13.4. The van der Waals surface area contributed by atoms with Crippen molar-refractivity contribution in [1.29, 1.82) is 0 Å². The van der Waals surface area contributed by atoms with Gasteiger partial charge in [-0.3, -0.25) is 4.79 Å². The van der Waals surface area contributed by atoms with E-state index < -0.39 is 0 Å². The van der Waals surface area contributed by atoms with Crippen molar-refractivity contribution >= 4 is 16.7 Å². The van der Waals surface area contributed by atoms with Crippen LogP contribution < -0.4 is 4.74 Å². The van der Waals surface area contributed by atoms with E-state index in [0.717, 1.165) is 17.7 Å². The molecule has 4 aromatic carbocycles. The second kappa shape index (κ2) is 10.1. The maximum Gasteiger partial charge on any atom is 0.223 e. The molecule has 0 unspecified atom stereocenters. The van der Waals surface area contributed by atoms with Gasteiger partial charge in [0.2, 0.25) is 5.91 Å². The van der Waals surface area contributed by atoms with Crippen molar-refractivity contribution in [2.45, 2.75) is 32.9 Å². The lowest BCUT2D eigenvalue weighted by Gasteiger charge is -2.24. The van der Waals surface area contributed by atoms with E-state index in [0.29, 0.717) is 19.5 Å². The van der Waals surface area contributed by atoms with Crippen LogP contribution in [0.25, 0.3) is 10.8 Å². The first-order valence-corrected chi connectivity index (χ1v) is 11.1. The molecule has 4 aromatic rings.